The molecule has 0 spiro atoms. The summed E-state index contributed by atoms with van der Waals surface area (Å²) in [6, 6.07) is 18.8. The first-order chi connectivity index (χ1) is 21.0. The largest absolute Gasteiger partial charge is 0.416 e. The number of carbonyl (C=O) groups excluding carboxylic acids is 1. The summed E-state index contributed by atoms with van der Waals surface area (Å²) in [5.74, 6) is 1.03. The zero-order valence-corrected chi connectivity index (χ0v) is 26.1. The highest BCUT2D eigenvalue weighted by Crippen LogP contribution is 2.34. The Morgan fingerprint density at radius 3 is 2.61 bits per heavy atom. The van der Waals surface area contributed by atoms with E-state index < -0.39 is 11.7 Å². The molecule has 0 bridgehead atoms. The second kappa shape index (κ2) is 13.3. The average molecular weight is 637 g/mol. The number of benzene rings is 3. The first-order valence-corrected chi connectivity index (χ1v) is 15.5. The molecule has 3 aromatic carbocycles. The predicted octanol–water partition coefficient (Wildman–Crippen LogP) is 7.33. The van der Waals surface area contributed by atoms with Crippen LogP contribution < -0.4 is 10.2 Å². The lowest BCUT2D eigenvalue weighted by atomic mass is 9.99. The van der Waals surface area contributed by atoms with Gasteiger partial charge < -0.3 is 5.32 Å². The summed E-state index contributed by atoms with van der Waals surface area (Å²) in [4.78, 5) is 23.5. The van der Waals surface area contributed by atoms with Crippen molar-refractivity contribution in [3.8, 4) is 17.1 Å². The van der Waals surface area contributed by atoms with Gasteiger partial charge in [0.2, 0.25) is 5.91 Å². The van der Waals surface area contributed by atoms with Gasteiger partial charge in [-0.2, -0.15) is 18.2 Å². The summed E-state index contributed by atoms with van der Waals surface area (Å²) in [7, 11) is 0. The molecule has 5 rings (SSSR count). The van der Waals surface area contributed by atoms with Crippen molar-refractivity contribution < 1.29 is 18.0 Å². The Bertz CT molecular complexity index is 1700. The number of nitrogens with one attached hydrogen (secondary N) is 1. The maximum atomic E-state index is 12.9. The molecule has 2 heterocycles. The van der Waals surface area contributed by atoms with Crippen LogP contribution in [-0.4, -0.2) is 43.2 Å². The molecular weight excluding hydrogens is 606 g/mol. The molecule has 44 heavy (non-hydrogen) atoms. The monoisotopic (exact) mass is 636 g/mol. The van der Waals surface area contributed by atoms with E-state index in [-0.39, 0.29) is 11.8 Å². The van der Waals surface area contributed by atoms with E-state index in [0.29, 0.717) is 34.1 Å². The van der Waals surface area contributed by atoms with Crippen LogP contribution in [-0.2, 0) is 17.4 Å². The number of aliphatic imine (C=N–C) groups is 1. The maximum Gasteiger partial charge on any atom is 0.416 e. The fourth-order valence-corrected chi connectivity index (χ4v) is 5.93. The molecule has 1 saturated heterocycles. The van der Waals surface area contributed by atoms with Gasteiger partial charge in [-0.05, 0) is 91.0 Å². The van der Waals surface area contributed by atoms with Gasteiger partial charge >= 0.3 is 6.18 Å². The molecule has 1 amide bonds. The van der Waals surface area contributed by atoms with E-state index in [1.54, 1.807) is 4.90 Å². The second-order valence-electron chi connectivity index (χ2n) is 10.7. The van der Waals surface area contributed by atoms with Crippen molar-refractivity contribution in [3.05, 3.63) is 95.3 Å². The van der Waals surface area contributed by atoms with Crippen molar-refractivity contribution in [2.75, 3.05) is 17.2 Å². The number of hydrogen-bond acceptors (Lipinski definition) is 5. The molecule has 228 valence electrons. The highest BCUT2D eigenvalue weighted by Gasteiger charge is 2.32. The number of anilines is 1. The van der Waals surface area contributed by atoms with E-state index in [9.17, 15) is 18.0 Å². The highest BCUT2D eigenvalue weighted by molar-refractivity contribution is 8.15. The number of alkyl halides is 3. The fraction of sp³-hybridized carbons (Fsp3) is 0.281. The molecule has 1 aliphatic rings. The molecule has 0 radical (unpaired) electrons. The number of thiocarbonyl (C=S) groups is 1. The molecule has 0 unspecified atom stereocenters. The first-order valence-electron chi connectivity index (χ1n) is 14.1. The van der Waals surface area contributed by atoms with Gasteiger partial charge in [-0.25, -0.2) is 9.67 Å². The number of carbonyl (C=O) groups is 1. The molecule has 1 fully saturated rings. The molecule has 1 N–H and O–H groups in total. The Labute approximate surface area is 263 Å². The second-order valence-corrected chi connectivity index (χ2v) is 12.1. The van der Waals surface area contributed by atoms with Gasteiger partial charge in [0.15, 0.2) is 16.1 Å². The van der Waals surface area contributed by atoms with Crippen LogP contribution in [0.4, 0.5) is 18.9 Å². The van der Waals surface area contributed by atoms with E-state index >= 15 is 0 Å². The van der Waals surface area contributed by atoms with Crippen LogP contribution in [0.2, 0.25) is 0 Å². The van der Waals surface area contributed by atoms with Crippen LogP contribution in [0, 0.1) is 6.92 Å². The third-order valence-corrected chi connectivity index (χ3v) is 8.23. The van der Waals surface area contributed by atoms with Gasteiger partial charge in [0, 0.05) is 12.1 Å². The minimum absolute atomic E-state index is 0.0115. The lowest BCUT2D eigenvalue weighted by Gasteiger charge is -2.22. The smallest absolute Gasteiger partial charge is 0.361 e. The van der Waals surface area contributed by atoms with Crippen molar-refractivity contribution in [2.45, 2.75) is 45.7 Å². The third kappa shape index (κ3) is 7.36. The number of amidine groups is 1. The van der Waals surface area contributed by atoms with E-state index in [2.05, 4.69) is 46.4 Å². The topological polar surface area (TPSA) is 75.4 Å². The van der Waals surface area contributed by atoms with E-state index in [1.165, 1.54) is 34.9 Å². The molecule has 12 heteroatoms. The van der Waals surface area contributed by atoms with Gasteiger partial charge in [-0.3, -0.25) is 9.69 Å². The normalized spacial score (nSPS) is 14.6. The average Bonchev–Trinajstić information content (AvgIpc) is 3.62. The standard InChI is InChI=1S/C32H31F3N6OS2/c1-20(2)26-14-9-21(3)16-27(26)41-28(42)18-44-31(41)38-30(43)36-15-5-7-22-6-4-8-23(17-22)29-37-19-40(39-29)25-12-10-24(11-13-25)32(33,34)35/h4,6,8-14,16-17,19-20H,5,7,15,18H2,1-3H3,(H,36,43). The zero-order valence-electron chi connectivity index (χ0n) is 24.4. The quantitative estimate of drug-likeness (QED) is 0.161. The van der Waals surface area contributed by atoms with Gasteiger partial charge in [0.1, 0.15) is 6.33 Å². The number of aromatic nitrogens is 3. The van der Waals surface area contributed by atoms with Gasteiger partial charge in [-0.15, -0.1) is 5.10 Å². The molecule has 0 saturated carbocycles. The van der Waals surface area contributed by atoms with Crippen molar-refractivity contribution in [3.63, 3.8) is 0 Å². The van der Waals surface area contributed by atoms with Crippen LogP contribution in [0.15, 0.2) is 78.0 Å². The molecule has 7 nitrogen and oxygen atoms in total. The predicted molar refractivity (Wildman–Crippen MR) is 173 cm³/mol. The molecule has 1 aliphatic heterocycles. The maximum absolute atomic E-state index is 12.9. The molecule has 0 aliphatic carbocycles. The Morgan fingerprint density at radius 1 is 1.11 bits per heavy atom. The lowest BCUT2D eigenvalue weighted by molar-refractivity contribution is -0.137. The number of nitrogens with zero attached hydrogens (tertiary/aromatic N) is 5. The van der Waals surface area contributed by atoms with Gasteiger partial charge in [0.25, 0.3) is 0 Å². The first kappa shape index (κ1) is 31.4. The number of hydrogen-bond donors (Lipinski definition) is 1. The van der Waals surface area contributed by atoms with Crippen LogP contribution in [0.25, 0.3) is 17.1 Å². The Hall–Kier alpha value is -4.03. The number of rotatable bonds is 8. The molecule has 1 aromatic heterocycles. The summed E-state index contributed by atoms with van der Waals surface area (Å²) in [5.41, 5.74) is 4.67. The van der Waals surface area contributed by atoms with E-state index in [1.807, 2.05) is 37.3 Å². The Morgan fingerprint density at radius 2 is 1.89 bits per heavy atom. The summed E-state index contributed by atoms with van der Waals surface area (Å²) in [6.45, 7) is 6.81. The molecule has 4 aromatic rings. The van der Waals surface area contributed by atoms with E-state index in [4.69, 9.17) is 12.2 Å². The number of aryl methyl sites for hydroxylation is 2. The SMILES string of the molecule is Cc1ccc(C(C)C)c(N2C(=O)CSC2=NC(=S)NCCCc2cccc(-c3ncn(-c4ccc(C(F)(F)F)cc4)n3)c2)c1. The lowest BCUT2D eigenvalue weighted by Crippen LogP contribution is -2.32. The fourth-order valence-electron chi connectivity index (χ4n) is 4.82. The van der Waals surface area contributed by atoms with Crippen LogP contribution in [0.3, 0.4) is 0 Å². The summed E-state index contributed by atoms with van der Waals surface area (Å²) < 4.78 is 40.1. The van der Waals surface area contributed by atoms with Crippen molar-refractivity contribution in [2.24, 2.45) is 4.99 Å². The minimum atomic E-state index is -4.39. The summed E-state index contributed by atoms with van der Waals surface area (Å²) >= 11 is 6.89. The number of halogens is 3. The van der Waals surface area contributed by atoms with E-state index in [0.717, 1.165) is 52.9 Å². The third-order valence-electron chi connectivity index (χ3n) is 7.07. The van der Waals surface area contributed by atoms with Crippen molar-refractivity contribution >= 4 is 45.9 Å². The zero-order chi connectivity index (χ0) is 31.4. The van der Waals surface area contributed by atoms with Gasteiger partial charge in [-0.1, -0.05) is 55.9 Å². The Balaban J connectivity index is 1.18. The van der Waals surface area contributed by atoms with Crippen LogP contribution in [0.5, 0.6) is 0 Å². The summed E-state index contributed by atoms with van der Waals surface area (Å²) in [5, 5.41) is 8.56. The minimum Gasteiger partial charge on any atom is -0.361 e. The molecular formula is C32H31F3N6OS2. The highest BCUT2D eigenvalue weighted by atomic mass is 32.2. The number of thioether (sulfide) groups is 1. The van der Waals surface area contributed by atoms with Gasteiger partial charge in [0.05, 0.1) is 22.7 Å². The molecule has 0 atom stereocenters. The van der Waals surface area contributed by atoms with Crippen LogP contribution >= 0.6 is 24.0 Å². The number of amides is 1. The van der Waals surface area contributed by atoms with Crippen molar-refractivity contribution in [1.82, 2.24) is 20.1 Å². The van der Waals surface area contributed by atoms with Crippen molar-refractivity contribution in [1.29, 1.82) is 0 Å². The Kier molecular flexibility index (Phi) is 9.50. The van der Waals surface area contributed by atoms with Crippen LogP contribution in [0.1, 0.15) is 48.4 Å². The summed E-state index contributed by atoms with van der Waals surface area (Å²) in [6.07, 6.45) is -1.36.